The summed E-state index contributed by atoms with van der Waals surface area (Å²) in [6, 6.07) is 9.80. The van der Waals surface area contributed by atoms with Crippen molar-refractivity contribution < 1.29 is 14.3 Å². The lowest BCUT2D eigenvalue weighted by atomic mass is 10.1. The van der Waals surface area contributed by atoms with Gasteiger partial charge in [0, 0.05) is 52.1 Å². The Morgan fingerprint density at radius 2 is 1.80 bits per heavy atom. The highest BCUT2D eigenvalue weighted by atomic mass is 16.5. The van der Waals surface area contributed by atoms with Crippen molar-refractivity contribution in [1.29, 1.82) is 0 Å². The van der Waals surface area contributed by atoms with Crippen LogP contribution in [0.2, 0.25) is 0 Å². The van der Waals surface area contributed by atoms with Crippen LogP contribution in [0.3, 0.4) is 0 Å². The van der Waals surface area contributed by atoms with Crippen molar-refractivity contribution in [2.75, 3.05) is 45.9 Å². The molecule has 1 aromatic carbocycles. The molecule has 0 bridgehead atoms. The molecule has 0 saturated carbocycles. The second kappa shape index (κ2) is 11.3. The molecule has 9 nitrogen and oxygen atoms in total. The standard InChI is InChI=1S/C26H36N6O3/c33-25(10-6-9-21-7-2-1-3-8-21)31-20-23(17-24(31)26(34)30-11-4-5-12-30)32-19-22(27-28-32)18-29-13-15-35-16-14-29/h1-3,7-8,19,23-24H,4-6,9-18,20H2/t23-,24-/m0/s1. The molecule has 0 spiro atoms. The highest BCUT2D eigenvalue weighted by molar-refractivity contribution is 5.88. The maximum absolute atomic E-state index is 13.4. The van der Waals surface area contributed by atoms with Crippen LogP contribution in [0.5, 0.6) is 0 Å². The third-order valence-corrected chi connectivity index (χ3v) is 7.42. The summed E-state index contributed by atoms with van der Waals surface area (Å²) in [6.07, 6.45) is 6.76. The summed E-state index contributed by atoms with van der Waals surface area (Å²) in [5, 5.41) is 8.78. The summed E-state index contributed by atoms with van der Waals surface area (Å²) in [7, 11) is 0. The predicted molar refractivity (Wildman–Crippen MR) is 130 cm³/mol. The molecule has 0 unspecified atom stereocenters. The first-order valence-electron chi connectivity index (χ1n) is 13.0. The fourth-order valence-corrected chi connectivity index (χ4v) is 5.45. The van der Waals surface area contributed by atoms with Gasteiger partial charge in [0.25, 0.3) is 0 Å². The Hall–Kier alpha value is -2.78. The van der Waals surface area contributed by atoms with Crippen molar-refractivity contribution in [3.63, 3.8) is 0 Å². The third-order valence-electron chi connectivity index (χ3n) is 7.42. The Morgan fingerprint density at radius 1 is 1.03 bits per heavy atom. The number of aromatic nitrogens is 3. The quantitative estimate of drug-likeness (QED) is 0.574. The zero-order valence-electron chi connectivity index (χ0n) is 20.4. The number of aryl methyl sites for hydroxylation is 1. The first-order valence-corrected chi connectivity index (χ1v) is 13.0. The Kier molecular flexibility index (Phi) is 7.73. The molecule has 3 aliphatic rings. The van der Waals surface area contributed by atoms with Gasteiger partial charge in [-0.15, -0.1) is 5.10 Å². The minimum Gasteiger partial charge on any atom is -0.379 e. The molecule has 1 aromatic heterocycles. The van der Waals surface area contributed by atoms with Gasteiger partial charge in [-0.3, -0.25) is 14.5 Å². The van der Waals surface area contributed by atoms with E-state index in [1.807, 2.05) is 38.9 Å². The van der Waals surface area contributed by atoms with Gasteiger partial charge < -0.3 is 14.5 Å². The fourth-order valence-electron chi connectivity index (χ4n) is 5.45. The van der Waals surface area contributed by atoms with Gasteiger partial charge in [0.05, 0.1) is 31.1 Å². The van der Waals surface area contributed by atoms with Crippen LogP contribution in [0.25, 0.3) is 0 Å². The largest absolute Gasteiger partial charge is 0.379 e. The molecule has 2 amide bonds. The van der Waals surface area contributed by atoms with Crippen molar-refractivity contribution in [2.24, 2.45) is 0 Å². The molecule has 0 N–H and O–H groups in total. The zero-order chi connectivity index (χ0) is 24.0. The number of rotatable bonds is 8. The molecular formula is C26H36N6O3. The zero-order valence-corrected chi connectivity index (χ0v) is 20.4. The van der Waals surface area contributed by atoms with Crippen LogP contribution in [0.4, 0.5) is 0 Å². The van der Waals surface area contributed by atoms with E-state index in [0.717, 1.165) is 77.3 Å². The highest BCUT2D eigenvalue weighted by Gasteiger charge is 2.42. The number of morpholine rings is 1. The highest BCUT2D eigenvalue weighted by Crippen LogP contribution is 2.30. The van der Waals surface area contributed by atoms with Crippen LogP contribution in [-0.2, 0) is 27.3 Å². The molecule has 0 radical (unpaired) electrons. The Labute approximate surface area is 207 Å². The van der Waals surface area contributed by atoms with E-state index >= 15 is 0 Å². The molecule has 2 aromatic rings. The number of nitrogens with zero attached hydrogens (tertiary/aromatic N) is 6. The molecule has 5 rings (SSSR count). The number of likely N-dealkylation sites (tertiary alicyclic amines) is 2. The number of benzene rings is 1. The fraction of sp³-hybridized carbons (Fsp3) is 0.615. The molecule has 0 aliphatic carbocycles. The average Bonchev–Trinajstić information content (AvgIpc) is 3.66. The van der Waals surface area contributed by atoms with Crippen LogP contribution in [-0.4, -0.2) is 93.5 Å². The molecule has 188 valence electrons. The summed E-state index contributed by atoms with van der Waals surface area (Å²) in [5.74, 6) is 0.157. The Balaban J connectivity index is 1.24. The number of carbonyl (C=O) groups excluding carboxylic acids is 2. The van der Waals surface area contributed by atoms with E-state index in [1.165, 1.54) is 5.56 Å². The SMILES string of the molecule is O=C([C@@H]1C[C@H](n2cc(CN3CCOCC3)nn2)CN1C(=O)CCCc1ccccc1)N1CCCC1. The first kappa shape index (κ1) is 23.9. The Bertz CT molecular complexity index is 984. The number of hydrogen-bond acceptors (Lipinski definition) is 6. The summed E-state index contributed by atoms with van der Waals surface area (Å²) < 4.78 is 7.30. The maximum atomic E-state index is 13.4. The molecule has 3 fully saturated rings. The van der Waals surface area contributed by atoms with Gasteiger partial charge >= 0.3 is 0 Å². The van der Waals surface area contributed by atoms with E-state index in [0.29, 0.717) is 19.4 Å². The van der Waals surface area contributed by atoms with Gasteiger partial charge in [-0.05, 0) is 31.2 Å². The molecule has 3 saturated heterocycles. The smallest absolute Gasteiger partial charge is 0.245 e. The number of carbonyl (C=O) groups is 2. The van der Waals surface area contributed by atoms with Crippen LogP contribution >= 0.6 is 0 Å². The number of hydrogen-bond donors (Lipinski definition) is 0. The molecule has 3 aliphatic heterocycles. The lowest BCUT2D eigenvalue weighted by Crippen LogP contribution is -2.46. The van der Waals surface area contributed by atoms with Crippen LogP contribution in [0.1, 0.15) is 49.4 Å². The van der Waals surface area contributed by atoms with Crippen LogP contribution < -0.4 is 0 Å². The number of amides is 2. The van der Waals surface area contributed by atoms with Crippen LogP contribution in [0.15, 0.2) is 36.5 Å². The predicted octanol–water partition coefficient (Wildman–Crippen LogP) is 1.90. The van der Waals surface area contributed by atoms with E-state index in [-0.39, 0.29) is 17.9 Å². The first-order chi connectivity index (χ1) is 17.2. The van der Waals surface area contributed by atoms with E-state index in [9.17, 15) is 9.59 Å². The second-order valence-electron chi connectivity index (χ2n) is 9.90. The molecular weight excluding hydrogens is 444 g/mol. The molecule has 9 heteroatoms. The normalized spacial score (nSPS) is 23.2. The lowest BCUT2D eigenvalue weighted by Gasteiger charge is -2.27. The van der Waals surface area contributed by atoms with Gasteiger partial charge in [-0.1, -0.05) is 35.5 Å². The summed E-state index contributed by atoms with van der Waals surface area (Å²) in [5.41, 5.74) is 2.15. The number of ether oxygens (including phenoxy) is 1. The van der Waals surface area contributed by atoms with Crippen LogP contribution in [0, 0.1) is 0 Å². The van der Waals surface area contributed by atoms with Gasteiger partial charge in [0.1, 0.15) is 6.04 Å². The van der Waals surface area contributed by atoms with Crippen molar-refractivity contribution in [3.05, 3.63) is 47.8 Å². The van der Waals surface area contributed by atoms with Crippen molar-refractivity contribution in [3.8, 4) is 0 Å². The molecule has 4 heterocycles. The summed E-state index contributed by atoms with van der Waals surface area (Å²) in [4.78, 5) is 32.7. The lowest BCUT2D eigenvalue weighted by molar-refractivity contribution is -0.143. The van der Waals surface area contributed by atoms with E-state index in [2.05, 4.69) is 27.3 Å². The topological polar surface area (TPSA) is 83.8 Å². The second-order valence-corrected chi connectivity index (χ2v) is 9.90. The van der Waals surface area contributed by atoms with Gasteiger partial charge in [0.15, 0.2) is 0 Å². The molecule has 35 heavy (non-hydrogen) atoms. The minimum absolute atomic E-state index is 0.0319. The summed E-state index contributed by atoms with van der Waals surface area (Å²) >= 11 is 0. The van der Waals surface area contributed by atoms with Crippen molar-refractivity contribution in [2.45, 2.75) is 57.2 Å². The Morgan fingerprint density at radius 3 is 2.57 bits per heavy atom. The van der Waals surface area contributed by atoms with E-state index < -0.39 is 6.04 Å². The van der Waals surface area contributed by atoms with Gasteiger partial charge in [-0.2, -0.15) is 0 Å². The minimum atomic E-state index is -0.408. The van der Waals surface area contributed by atoms with E-state index in [4.69, 9.17) is 4.74 Å². The average molecular weight is 481 g/mol. The summed E-state index contributed by atoms with van der Waals surface area (Å²) in [6.45, 7) is 6.13. The van der Waals surface area contributed by atoms with Gasteiger partial charge in [-0.25, -0.2) is 4.68 Å². The maximum Gasteiger partial charge on any atom is 0.245 e. The van der Waals surface area contributed by atoms with Crippen molar-refractivity contribution in [1.82, 2.24) is 29.7 Å². The third kappa shape index (κ3) is 5.90. The monoisotopic (exact) mass is 480 g/mol. The van der Waals surface area contributed by atoms with Crippen molar-refractivity contribution >= 4 is 11.8 Å². The van der Waals surface area contributed by atoms with E-state index in [1.54, 1.807) is 0 Å². The molecule has 2 atom stereocenters. The van der Waals surface area contributed by atoms with Gasteiger partial charge in [0.2, 0.25) is 11.8 Å².